The van der Waals surface area contributed by atoms with Crippen LogP contribution in [0, 0.1) is 0 Å². The summed E-state index contributed by atoms with van der Waals surface area (Å²) >= 11 is 5.61. The zero-order valence-corrected chi connectivity index (χ0v) is 10.00. The molecule has 1 nitrogen and oxygen atoms in total. The normalized spacial score (nSPS) is 13.0. The fourth-order valence-corrected chi connectivity index (χ4v) is 1.53. The molecule has 1 atom stereocenters. The minimum Gasteiger partial charge on any atom is -0.497 e. The summed E-state index contributed by atoms with van der Waals surface area (Å²) in [5.41, 5.74) is 1.26. The van der Waals surface area contributed by atoms with Gasteiger partial charge in [-0.3, -0.25) is 0 Å². The number of benzene rings is 1. The van der Waals surface area contributed by atoms with Gasteiger partial charge < -0.3 is 4.74 Å². The van der Waals surface area contributed by atoms with Gasteiger partial charge in [0.2, 0.25) is 0 Å². The van der Waals surface area contributed by atoms with Gasteiger partial charge in [0.1, 0.15) is 5.75 Å². The van der Waals surface area contributed by atoms with Crippen LogP contribution in [0.4, 0.5) is 0 Å². The zero-order valence-electron chi connectivity index (χ0n) is 9.24. The number of alkyl halides is 1. The lowest BCUT2D eigenvalue weighted by Crippen LogP contribution is -1.90. The molecule has 0 aliphatic rings. The third kappa shape index (κ3) is 3.96. The molecule has 0 aromatic heterocycles. The van der Waals surface area contributed by atoms with Crippen molar-refractivity contribution >= 4 is 11.6 Å². The summed E-state index contributed by atoms with van der Waals surface area (Å²) in [6, 6.07) is 8.15. The van der Waals surface area contributed by atoms with Crippen LogP contribution in [0.1, 0.15) is 24.8 Å². The fraction of sp³-hybridized carbons (Fsp3) is 0.385. The van der Waals surface area contributed by atoms with Gasteiger partial charge in [0.25, 0.3) is 0 Å². The van der Waals surface area contributed by atoms with Crippen molar-refractivity contribution in [1.29, 1.82) is 0 Å². The highest BCUT2D eigenvalue weighted by molar-refractivity contribution is 6.17. The SMILES string of the molecule is COc1cccc([C@@H](C)/C=C/CCCl)c1. The molecule has 0 bridgehead atoms. The quantitative estimate of drug-likeness (QED) is 0.543. The van der Waals surface area contributed by atoms with Crippen LogP contribution in [0.15, 0.2) is 36.4 Å². The maximum atomic E-state index is 5.61. The Morgan fingerprint density at radius 3 is 2.93 bits per heavy atom. The van der Waals surface area contributed by atoms with Gasteiger partial charge in [0, 0.05) is 5.88 Å². The third-order valence-electron chi connectivity index (χ3n) is 2.32. The summed E-state index contributed by atoms with van der Waals surface area (Å²) in [7, 11) is 1.69. The average Bonchev–Trinajstić information content (AvgIpc) is 2.29. The van der Waals surface area contributed by atoms with E-state index in [-0.39, 0.29) is 0 Å². The van der Waals surface area contributed by atoms with Crippen LogP contribution in [0.5, 0.6) is 5.75 Å². The minimum atomic E-state index is 0.406. The molecule has 1 rings (SSSR count). The van der Waals surface area contributed by atoms with Crippen LogP contribution >= 0.6 is 11.6 Å². The molecule has 0 heterocycles. The molecular weight excluding hydrogens is 208 g/mol. The van der Waals surface area contributed by atoms with Gasteiger partial charge in [-0.2, -0.15) is 0 Å². The van der Waals surface area contributed by atoms with Crippen molar-refractivity contribution < 1.29 is 4.74 Å². The highest BCUT2D eigenvalue weighted by Crippen LogP contribution is 2.21. The van der Waals surface area contributed by atoms with Crippen molar-refractivity contribution in [3.05, 3.63) is 42.0 Å². The predicted molar refractivity (Wildman–Crippen MR) is 65.9 cm³/mol. The second kappa shape index (κ2) is 6.52. The van der Waals surface area contributed by atoms with Gasteiger partial charge in [0.05, 0.1) is 7.11 Å². The van der Waals surface area contributed by atoms with Crippen molar-refractivity contribution in [2.45, 2.75) is 19.3 Å². The number of hydrogen-bond donors (Lipinski definition) is 0. The molecule has 82 valence electrons. The summed E-state index contributed by atoms with van der Waals surface area (Å²) in [6.45, 7) is 2.17. The van der Waals surface area contributed by atoms with E-state index in [4.69, 9.17) is 16.3 Å². The standard InChI is InChI=1S/C13H17ClO/c1-11(6-3-4-9-14)12-7-5-8-13(10-12)15-2/h3,5-8,10-11H,4,9H2,1-2H3/b6-3+/t11-/m0/s1. The lowest BCUT2D eigenvalue weighted by Gasteiger charge is -2.08. The number of ether oxygens (including phenoxy) is 1. The first-order valence-electron chi connectivity index (χ1n) is 5.14. The van der Waals surface area contributed by atoms with E-state index in [9.17, 15) is 0 Å². The minimum absolute atomic E-state index is 0.406. The molecule has 0 amide bonds. The second-order valence-electron chi connectivity index (χ2n) is 3.47. The van der Waals surface area contributed by atoms with Gasteiger partial charge in [0.15, 0.2) is 0 Å². The van der Waals surface area contributed by atoms with E-state index in [0.29, 0.717) is 11.8 Å². The van der Waals surface area contributed by atoms with Crippen molar-refractivity contribution in [3.8, 4) is 5.75 Å². The predicted octanol–water partition coefficient (Wildman–Crippen LogP) is 3.98. The Kier molecular flexibility index (Phi) is 5.27. The van der Waals surface area contributed by atoms with Crippen molar-refractivity contribution in [2.24, 2.45) is 0 Å². The second-order valence-corrected chi connectivity index (χ2v) is 3.85. The van der Waals surface area contributed by atoms with E-state index in [1.807, 2.05) is 12.1 Å². The summed E-state index contributed by atoms with van der Waals surface area (Å²) in [5, 5.41) is 0. The van der Waals surface area contributed by atoms with Crippen molar-refractivity contribution in [3.63, 3.8) is 0 Å². The molecular formula is C13H17ClO. The molecule has 0 spiro atoms. The van der Waals surface area contributed by atoms with Crippen molar-refractivity contribution in [1.82, 2.24) is 0 Å². The van der Waals surface area contributed by atoms with Crippen molar-refractivity contribution in [2.75, 3.05) is 13.0 Å². The smallest absolute Gasteiger partial charge is 0.119 e. The van der Waals surface area contributed by atoms with Gasteiger partial charge in [-0.1, -0.05) is 31.2 Å². The van der Waals surface area contributed by atoms with E-state index in [2.05, 4.69) is 31.2 Å². The largest absolute Gasteiger partial charge is 0.497 e. The maximum absolute atomic E-state index is 5.61. The van der Waals surface area contributed by atoms with Crippen LogP contribution in [0.25, 0.3) is 0 Å². The first-order chi connectivity index (χ1) is 7.27. The molecule has 1 aromatic carbocycles. The molecule has 2 heteroatoms. The highest BCUT2D eigenvalue weighted by Gasteiger charge is 2.01. The molecule has 1 aromatic rings. The van der Waals surface area contributed by atoms with E-state index >= 15 is 0 Å². The van der Waals surface area contributed by atoms with Gasteiger partial charge in [-0.15, -0.1) is 11.6 Å². The van der Waals surface area contributed by atoms with Gasteiger partial charge >= 0.3 is 0 Å². The molecule has 15 heavy (non-hydrogen) atoms. The Hall–Kier alpha value is -0.950. The summed E-state index contributed by atoms with van der Waals surface area (Å²) < 4.78 is 5.19. The van der Waals surface area contributed by atoms with E-state index < -0.39 is 0 Å². The lowest BCUT2D eigenvalue weighted by atomic mass is 10.0. The highest BCUT2D eigenvalue weighted by atomic mass is 35.5. The third-order valence-corrected chi connectivity index (χ3v) is 2.54. The molecule has 0 aliphatic carbocycles. The Morgan fingerprint density at radius 2 is 2.27 bits per heavy atom. The molecule has 0 aliphatic heterocycles. The van der Waals surface area contributed by atoms with Crippen LogP contribution in [0.2, 0.25) is 0 Å². The van der Waals surface area contributed by atoms with E-state index in [1.54, 1.807) is 7.11 Å². The van der Waals surface area contributed by atoms with Gasteiger partial charge in [-0.05, 0) is 30.0 Å². The molecule has 0 radical (unpaired) electrons. The van der Waals surface area contributed by atoms with Gasteiger partial charge in [-0.25, -0.2) is 0 Å². The maximum Gasteiger partial charge on any atom is 0.119 e. The Balaban J connectivity index is 2.68. The summed E-state index contributed by atoms with van der Waals surface area (Å²) in [6.07, 6.45) is 5.23. The monoisotopic (exact) mass is 224 g/mol. The molecule has 0 unspecified atom stereocenters. The van der Waals surface area contributed by atoms with E-state index in [0.717, 1.165) is 12.2 Å². The zero-order chi connectivity index (χ0) is 11.1. The first kappa shape index (κ1) is 12.1. The Morgan fingerprint density at radius 1 is 1.47 bits per heavy atom. The first-order valence-corrected chi connectivity index (χ1v) is 5.68. The topological polar surface area (TPSA) is 9.23 Å². The Labute approximate surface area is 96.7 Å². The van der Waals surface area contributed by atoms with E-state index in [1.165, 1.54) is 5.56 Å². The number of rotatable bonds is 5. The summed E-state index contributed by atoms with van der Waals surface area (Å²) in [4.78, 5) is 0. The number of methoxy groups -OCH3 is 1. The molecule has 0 fully saturated rings. The average molecular weight is 225 g/mol. The summed E-state index contributed by atoms with van der Waals surface area (Å²) in [5.74, 6) is 2.00. The number of allylic oxidation sites excluding steroid dienone is 2. The lowest BCUT2D eigenvalue weighted by molar-refractivity contribution is 0.414. The Bertz CT molecular complexity index is 320. The molecule has 0 N–H and O–H groups in total. The van der Waals surface area contributed by atoms with Crippen LogP contribution in [0.3, 0.4) is 0 Å². The number of halogens is 1. The van der Waals surface area contributed by atoms with Crippen LogP contribution in [-0.4, -0.2) is 13.0 Å². The van der Waals surface area contributed by atoms with Crippen LogP contribution in [-0.2, 0) is 0 Å². The van der Waals surface area contributed by atoms with Crippen LogP contribution < -0.4 is 4.74 Å². The fourth-order valence-electron chi connectivity index (χ4n) is 1.40. The number of hydrogen-bond acceptors (Lipinski definition) is 1. The molecule has 0 saturated carbocycles. The molecule has 0 saturated heterocycles.